The Labute approximate surface area is 88.8 Å². The van der Waals surface area contributed by atoms with Gasteiger partial charge < -0.3 is 4.84 Å². The van der Waals surface area contributed by atoms with Gasteiger partial charge in [-0.05, 0) is 24.1 Å². The largest absolute Gasteiger partial charge is 0.411 e. The molecule has 0 bridgehead atoms. The smallest absolute Gasteiger partial charge is 0.157 e. The third kappa shape index (κ3) is 2.67. The molecule has 2 N–H and O–H groups in total. The Morgan fingerprint density at radius 3 is 2.87 bits per heavy atom. The van der Waals surface area contributed by atoms with E-state index < -0.39 is 0 Å². The lowest BCUT2D eigenvalue weighted by atomic mass is 10.0. The van der Waals surface area contributed by atoms with Crippen LogP contribution >= 0.6 is 0 Å². The molecule has 0 radical (unpaired) electrons. The van der Waals surface area contributed by atoms with Gasteiger partial charge in [0.1, 0.15) is 5.82 Å². The molecule has 0 aliphatic rings. The van der Waals surface area contributed by atoms with Crippen molar-refractivity contribution in [2.45, 2.75) is 13.3 Å². The molecule has 3 heteroatoms. The van der Waals surface area contributed by atoms with Crippen molar-refractivity contribution in [1.82, 2.24) is 0 Å². The summed E-state index contributed by atoms with van der Waals surface area (Å²) in [6, 6.07) is 4.29. The molecule has 0 aliphatic carbocycles. The summed E-state index contributed by atoms with van der Waals surface area (Å²) in [6.07, 6.45) is 4.34. The Balaban J connectivity index is 3.22. The number of hydrogen-bond donors (Lipinski definition) is 1. The Morgan fingerprint density at radius 1 is 1.60 bits per heavy atom. The molecule has 0 aliphatic heterocycles. The van der Waals surface area contributed by atoms with E-state index in [1.807, 2.05) is 13.0 Å². The van der Waals surface area contributed by atoms with Gasteiger partial charge in [-0.15, -0.1) is 0 Å². The highest BCUT2D eigenvalue weighted by atomic mass is 19.1. The van der Waals surface area contributed by atoms with E-state index in [1.54, 1.807) is 12.1 Å². The zero-order chi connectivity index (χ0) is 11.3. The van der Waals surface area contributed by atoms with Crippen molar-refractivity contribution in [3.8, 4) is 5.75 Å². The Bertz CT molecular complexity index is 385. The van der Waals surface area contributed by atoms with E-state index in [-0.39, 0.29) is 5.82 Å². The van der Waals surface area contributed by atoms with Gasteiger partial charge in [-0.25, -0.2) is 4.39 Å². The lowest BCUT2D eigenvalue weighted by molar-refractivity contribution is 0.331. The maximum absolute atomic E-state index is 12.9. The summed E-state index contributed by atoms with van der Waals surface area (Å²) in [5, 5.41) is 0. The van der Waals surface area contributed by atoms with Crippen LogP contribution < -0.4 is 10.7 Å². The first kappa shape index (κ1) is 11.5. The van der Waals surface area contributed by atoms with Gasteiger partial charge in [-0.3, -0.25) is 0 Å². The average Bonchev–Trinajstić information content (AvgIpc) is 2.26. The SMILES string of the molecule is C=C/C=C(\CC)c1ccc(F)cc1ON. The standard InChI is InChI=1S/C12H14FNO/c1-3-5-9(4-2)11-7-6-10(13)8-12(11)15-14/h3,5-8H,1,4,14H2,2H3/b9-5+. The third-order valence-corrected chi connectivity index (χ3v) is 2.12. The third-order valence-electron chi connectivity index (χ3n) is 2.12. The maximum atomic E-state index is 12.9. The van der Waals surface area contributed by atoms with Gasteiger partial charge in [0, 0.05) is 11.6 Å². The second-order valence-corrected chi connectivity index (χ2v) is 3.04. The van der Waals surface area contributed by atoms with Crippen molar-refractivity contribution in [2.75, 3.05) is 0 Å². The van der Waals surface area contributed by atoms with Gasteiger partial charge in [0.05, 0.1) is 0 Å². The highest BCUT2D eigenvalue weighted by molar-refractivity contribution is 5.71. The molecule has 0 unspecified atom stereocenters. The van der Waals surface area contributed by atoms with Gasteiger partial charge in [0.2, 0.25) is 0 Å². The van der Waals surface area contributed by atoms with E-state index in [1.165, 1.54) is 12.1 Å². The Morgan fingerprint density at radius 2 is 2.33 bits per heavy atom. The summed E-state index contributed by atoms with van der Waals surface area (Å²) in [7, 11) is 0. The minimum absolute atomic E-state index is 0.338. The molecule has 1 rings (SSSR count). The topological polar surface area (TPSA) is 35.2 Å². The monoisotopic (exact) mass is 207 g/mol. The molecule has 1 aromatic carbocycles. The second kappa shape index (κ2) is 5.32. The fourth-order valence-corrected chi connectivity index (χ4v) is 1.40. The summed E-state index contributed by atoms with van der Waals surface area (Å²) in [5.41, 5.74) is 1.80. The zero-order valence-electron chi connectivity index (χ0n) is 8.66. The van der Waals surface area contributed by atoms with Crippen LogP contribution in [0.15, 0.2) is 36.9 Å². The second-order valence-electron chi connectivity index (χ2n) is 3.04. The van der Waals surface area contributed by atoms with Crippen LogP contribution in [0.2, 0.25) is 0 Å². The average molecular weight is 207 g/mol. The molecule has 0 atom stereocenters. The molecule has 1 aromatic rings. The summed E-state index contributed by atoms with van der Waals surface area (Å²) in [4.78, 5) is 4.64. The number of rotatable bonds is 4. The maximum Gasteiger partial charge on any atom is 0.157 e. The number of benzene rings is 1. The highest BCUT2D eigenvalue weighted by Gasteiger charge is 2.08. The van der Waals surface area contributed by atoms with Crippen LogP contribution in [0.25, 0.3) is 5.57 Å². The fraction of sp³-hybridized carbons (Fsp3) is 0.167. The van der Waals surface area contributed by atoms with Crippen LogP contribution in [0.4, 0.5) is 4.39 Å². The van der Waals surface area contributed by atoms with Gasteiger partial charge in [-0.1, -0.05) is 25.7 Å². The Kier molecular flexibility index (Phi) is 4.06. The molecule has 0 heterocycles. The van der Waals surface area contributed by atoms with Gasteiger partial charge in [0.25, 0.3) is 0 Å². The van der Waals surface area contributed by atoms with E-state index in [0.29, 0.717) is 5.75 Å². The highest BCUT2D eigenvalue weighted by Crippen LogP contribution is 2.28. The molecular weight excluding hydrogens is 193 g/mol. The van der Waals surface area contributed by atoms with Crippen LogP contribution in [-0.4, -0.2) is 0 Å². The van der Waals surface area contributed by atoms with Crippen molar-refractivity contribution in [3.63, 3.8) is 0 Å². The summed E-state index contributed by atoms with van der Waals surface area (Å²) >= 11 is 0. The van der Waals surface area contributed by atoms with E-state index in [9.17, 15) is 4.39 Å². The normalized spacial score (nSPS) is 11.3. The predicted molar refractivity (Wildman–Crippen MR) is 59.7 cm³/mol. The van der Waals surface area contributed by atoms with Crippen LogP contribution in [-0.2, 0) is 0 Å². The molecule has 2 nitrogen and oxygen atoms in total. The van der Waals surface area contributed by atoms with Crippen LogP contribution in [0, 0.1) is 5.82 Å². The fourth-order valence-electron chi connectivity index (χ4n) is 1.40. The van der Waals surface area contributed by atoms with Crippen LogP contribution in [0.3, 0.4) is 0 Å². The summed E-state index contributed by atoms with van der Waals surface area (Å²) in [5.74, 6) is 5.06. The number of hydrogen-bond acceptors (Lipinski definition) is 2. The molecule has 0 amide bonds. The molecule has 0 saturated carbocycles. The van der Waals surface area contributed by atoms with E-state index in [0.717, 1.165) is 17.6 Å². The summed E-state index contributed by atoms with van der Waals surface area (Å²) < 4.78 is 12.9. The van der Waals surface area contributed by atoms with Gasteiger partial charge in [0.15, 0.2) is 5.75 Å². The number of halogens is 1. The Hall–Kier alpha value is -1.61. The predicted octanol–water partition coefficient (Wildman–Crippen LogP) is 3.06. The van der Waals surface area contributed by atoms with Gasteiger partial charge in [-0.2, -0.15) is 5.90 Å². The van der Waals surface area contributed by atoms with Crippen LogP contribution in [0.1, 0.15) is 18.9 Å². The minimum Gasteiger partial charge on any atom is -0.411 e. The van der Waals surface area contributed by atoms with Crippen molar-refractivity contribution in [1.29, 1.82) is 0 Å². The van der Waals surface area contributed by atoms with E-state index in [2.05, 4.69) is 11.4 Å². The van der Waals surface area contributed by atoms with Crippen molar-refractivity contribution >= 4 is 5.57 Å². The van der Waals surface area contributed by atoms with Crippen LogP contribution in [0.5, 0.6) is 5.75 Å². The first-order chi connectivity index (χ1) is 7.22. The molecular formula is C12H14FNO. The van der Waals surface area contributed by atoms with Crippen molar-refractivity contribution < 1.29 is 9.23 Å². The molecule has 0 spiro atoms. The first-order valence-corrected chi connectivity index (χ1v) is 4.71. The molecule has 0 aromatic heterocycles. The minimum atomic E-state index is -0.367. The lowest BCUT2D eigenvalue weighted by Gasteiger charge is -2.09. The first-order valence-electron chi connectivity index (χ1n) is 4.71. The quantitative estimate of drug-likeness (QED) is 0.608. The zero-order valence-corrected chi connectivity index (χ0v) is 8.66. The number of nitrogens with two attached hydrogens (primary N) is 1. The van der Waals surface area contributed by atoms with Crippen molar-refractivity contribution in [3.05, 3.63) is 48.3 Å². The van der Waals surface area contributed by atoms with Gasteiger partial charge >= 0.3 is 0 Å². The van der Waals surface area contributed by atoms with E-state index in [4.69, 9.17) is 5.90 Å². The van der Waals surface area contributed by atoms with E-state index >= 15 is 0 Å². The molecule has 0 saturated heterocycles. The molecule has 0 fully saturated rings. The molecule has 80 valence electrons. The van der Waals surface area contributed by atoms with Crippen molar-refractivity contribution in [2.24, 2.45) is 5.90 Å². The summed E-state index contributed by atoms with van der Waals surface area (Å²) in [6.45, 7) is 5.62. The number of allylic oxidation sites excluding steroid dienone is 3. The lowest BCUT2D eigenvalue weighted by Crippen LogP contribution is -2.04. The molecule has 15 heavy (non-hydrogen) atoms.